The van der Waals surface area contributed by atoms with E-state index in [1.54, 1.807) is 48.8 Å². The molecule has 0 aliphatic heterocycles. The summed E-state index contributed by atoms with van der Waals surface area (Å²) in [6, 6.07) is 11.7. The Balaban J connectivity index is 1.86. The zero-order valence-corrected chi connectivity index (χ0v) is 11.0. The molecule has 2 N–H and O–H groups in total. The van der Waals surface area contributed by atoms with Crippen molar-refractivity contribution in [3.05, 3.63) is 54.4 Å². The van der Waals surface area contributed by atoms with E-state index in [9.17, 15) is 9.59 Å². The van der Waals surface area contributed by atoms with Crippen LogP contribution in [0.1, 0.15) is 12.0 Å². The summed E-state index contributed by atoms with van der Waals surface area (Å²) in [6.07, 6.45) is 2.81. The zero-order valence-electron chi connectivity index (χ0n) is 11.0. The van der Waals surface area contributed by atoms with E-state index in [2.05, 4.69) is 15.6 Å². The molecule has 0 radical (unpaired) electrons. The minimum absolute atomic E-state index is 0.289. The number of rotatable bonds is 4. The number of amides is 2. The Labute approximate surface area is 121 Å². The molecule has 21 heavy (non-hydrogen) atoms. The molecule has 0 atom stereocenters. The van der Waals surface area contributed by atoms with Crippen molar-refractivity contribution < 1.29 is 9.59 Å². The van der Waals surface area contributed by atoms with Gasteiger partial charge in [0.1, 0.15) is 6.42 Å². The number of nitrogens with zero attached hydrogens (tertiary/aromatic N) is 2. The SMILES string of the molecule is N#Cc1ccc(NC(=O)CC(=O)Nc2ccncc2)cc1. The molecule has 6 heteroatoms. The van der Waals surface area contributed by atoms with Crippen molar-refractivity contribution >= 4 is 23.2 Å². The molecule has 0 bridgehead atoms. The minimum atomic E-state index is -0.425. The van der Waals surface area contributed by atoms with E-state index in [1.165, 1.54) is 0 Å². The van der Waals surface area contributed by atoms with Gasteiger partial charge in [-0.15, -0.1) is 0 Å². The van der Waals surface area contributed by atoms with Crippen LogP contribution in [0, 0.1) is 11.3 Å². The average Bonchev–Trinajstić information content (AvgIpc) is 2.48. The van der Waals surface area contributed by atoms with Crippen LogP contribution >= 0.6 is 0 Å². The number of anilines is 2. The first-order chi connectivity index (χ1) is 10.2. The van der Waals surface area contributed by atoms with Crippen LogP contribution in [0.4, 0.5) is 11.4 Å². The molecular formula is C15H12N4O2. The molecule has 0 aliphatic carbocycles. The molecule has 1 aromatic heterocycles. The monoisotopic (exact) mass is 280 g/mol. The lowest BCUT2D eigenvalue weighted by atomic mass is 10.2. The number of nitriles is 1. The summed E-state index contributed by atoms with van der Waals surface area (Å²) in [5.41, 5.74) is 1.63. The maximum Gasteiger partial charge on any atom is 0.233 e. The molecule has 1 aromatic carbocycles. The molecular weight excluding hydrogens is 268 g/mol. The summed E-state index contributed by atoms with van der Waals surface area (Å²) in [5, 5.41) is 13.9. The number of pyridine rings is 1. The fourth-order valence-corrected chi connectivity index (χ4v) is 1.62. The van der Waals surface area contributed by atoms with Gasteiger partial charge in [-0.3, -0.25) is 14.6 Å². The smallest absolute Gasteiger partial charge is 0.233 e. The Morgan fingerprint density at radius 1 is 0.952 bits per heavy atom. The lowest BCUT2D eigenvalue weighted by Gasteiger charge is -2.06. The highest BCUT2D eigenvalue weighted by Crippen LogP contribution is 2.09. The second-order valence-corrected chi connectivity index (χ2v) is 4.20. The number of aromatic nitrogens is 1. The maximum atomic E-state index is 11.7. The van der Waals surface area contributed by atoms with Gasteiger partial charge in [-0.05, 0) is 36.4 Å². The Bertz CT molecular complexity index is 675. The maximum absolute atomic E-state index is 11.7. The Hall–Kier alpha value is -3.20. The first-order valence-corrected chi connectivity index (χ1v) is 6.17. The summed E-state index contributed by atoms with van der Waals surface area (Å²) in [6.45, 7) is 0. The third-order valence-corrected chi connectivity index (χ3v) is 2.58. The van der Waals surface area contributed by atoms with Gasteiger partial charge < -0.3 is 10.6 Å². The van der Waals surface area contributed by atoms with Crippen LogP contribution in [0.5, 0.6) is 0 Å². The summed E-state index contributed by atoms with van der Waals surface area (Å²) < 4.78 is 0. The summed E-state index contributed by atoms with van der Waals surface area (Å²) in [4.78, 5) is 27.2. The molecule has 0 aliphatic rings. The predicted octanol–water partition coefficient (Wildman–Crippen LogP) is 1.92. The van der Waals surface area contributed by atoms with Gasteiger partial charge in [-0.1, -0.05) is 0 Å². The number of benzene rings is 1. The van der Waals surface area contributed by atoms with Crippen molar-refractivity contribution in [2.75, 3.05) is 10.6 Å². The summed E-state index contributed by atoms with van der Waals surface area (Å²) >= 11 is 0. The molecule has 0 fully saturated rings. The standard InChI is InChI=1S/C15H12N4O2/c16-10-11-1-3-12(4-2-11)18-14(20)9-15(21)19-13-5-7-17-8-6-13/h1-8H,9H2,(H,18,20)(H,17,19,21). The van der Waals surface area contributed by atoms with Crippen molar-refractivity contribution in [2.24, 2.45) is 0 Å². The molecule has 0 unspecified atom stereocenters. The fourth-order valence-electron chi connectivity index (χ4n) is 1.62. The number of nitrogens with one attached hydrogen (secondary N) is 2. The first kappa shape index (κ1) is 14.2. The topological polar surface area (TPSA) is 94.9 Å². The lowest BCUT2D eigenvalue weighted by Crippen LogP contribution is -2.21. The Morgan fingerprint density at radius 3 is 2.00 bits per heavy atom. The van der Waals surface area contributed by atoms with E-state index in [1.807, 2.05) is 6.07 Å². The van der Waals surface area contributed by atoms with Gasteiger partial charge in [0.05, 0.1) is 11.6 Å². The minimum Gasteiger partial charge on any atom is -0.326 e. The van der Waals surface area contributed by atoms with Crippen LogP contribution in [0.2, 0.25) is 0 Å². The van der Waals surface area contributed by atoms with Crippen molar-refractivity contribution in [1.82, 2.24) is 4.98 Å². The predicted molar refractivity (Wildman–Crippen MR) is 77.3 cm³/mol. The fraction of sp³-hybridized carbons (Fsp3) is 0.0667. The summed E-state index contributed by atoms with van der Waals surface area (Å²) in [5.74, 6) is -0.835. The highest BCUT2D eigenvalue weighted by Gasteiger charge is 2.09. The van der Waals surface area contributed by atoms with E-state index in [0.29, 0.717) is 16.9 Å². The van der Waals surface area contributed by atoms with Gasteiger partial charge in [-0.2, -0.15) is 5.26 Å². The van der Waals surface area contributed by atoms with Gasteiger partial charge in [0.15, 0.2) is 0 Å². The molecule has 2 aromatic rings. The largest absolute Gasteiger partial charge is 0.326 e. The Kier molecular flexibility index (Phi) is 4.62. The van der Waals surface area contributed by atoms with Crippen molar-refractivity contribution in [2.45, 2.75) is 6.42 Å². The number of hydrogen-bond acceptors (Lipinski definition) is 4. The highest BCUT2D eigenvalue weighted by molar-refractivity contribution is 6.08. The van der Waals surface area contributed by atoms with Crippen molar-refractivity contribution in [3.63, 3.8) is 0 Å². The molecule has 6 nitrogen and oxygen atoms in total. The van der Waals surface area contributed by atoms with E-state index >= 15 is 0 Å². The van der Waals surface area contributed by atoms with Crippen LogP contribution in [0.3, 0.4) is 0 Å². The van der Waals surface area contributed by atoms with Gasteiger partial charge in [0.25, 0.3) is 0 Å². The van der Waals surface area contributed by atoms with Gasteiger partial charge in [0.2, 0.25) is 11.8 Å². The third-order valence-electron chi connectivity index (χ3n) is 2.58. The van der Waals surface area contributed by atoms with Crippen molar-refractivity contribution in [3.8, 4) is 6.07 Å². The molecule has 104 valence electrons. The number of carbonyl (C=O) groups is 2. The van der Waals surface area contributed by atoms with Crippen LogP contribution in [-0.2, 0) is 9.59 Å². The molecule has 2 rings (SSSR count). The van der Waals surface area contributed by atoms with Crippen LogP contribution in [0.15, 0.2) is 48.8 Å². The van der Waals surface area contributed by atoms with Gasteiger partial charge in [0, 0.05) is 23.8 Å². The second kappa shape index (κ2) is 6.82. The number of hydrogen-bond donors (Lipinski definition) is 2. The van der Waals surface area contributed by atoms with Gasteiger partial charge >= 0.3 is 0 Å². The summed E-state index contributed by atoms with van der Waals surface area (Å²) in [7, 11) is 0. The molecule has 0 saturated heterocycles. The highest BCUT2D eigenvalue weighted by atomic mass is 16.2. The quantitative estimate of drug-likeness (QED) is 0.836. The second-order valence-electron chi connectivity index (χ2n) is 4.20. The van der Waals surface area contributed by atoms with Gasteiger partial charge in [-0.25, -0.2) is 0 Å². The van der Waals surface area contributed by atoms with E-state index in [0.717, 1.165) is 0 Å². The van der Waals surface area contributed by atoms with Crippen molar-refractivity contribution in [1.29, 1.82) is 5.26 Å². The van der Waals surface area contributed by atoms with Crippen LogP contribution in [0.25, 0.3) is 0 Å². The van der Waals surface area contributed by atoms with Crippen LogP contribution < -0.4 is 10.6 Å². The normalized spacial score (nSPS) is 9.48. The van der Waals surface area contributed by atoms with Crippen LogP contribution in [-0.4, -0.2) is 16.8 Å². The molecule has 0 saturated carbocycles. The first-order valence-electron chi connectivity index (χ1n) is 6.17. The molecule has 0 spiro atoms. The van der Waals surface area contributed by atoms with E-state index < -0.39 is 11.8 Å². The average molecular weight is 280 g/mol. The third kappa shape index (κ3) is 4.44. The molecule has 1 heterocycles. The number of carbonyl (C=O) groups excluding carboxylic acids is 2. The molecule has 2 amide bonds. The Morgan fingerprint density at radius 2 is 1.48 bits per heavy atom. The lowest BCUT2D eigenvalue weighted by molar-refractivity contribution is -0.123. The van der Waals surface area contributed by atoms with E-state index in [4.69, 9.17) is 5.26 Å². The zero-order chi connectivity index (χ0) is 15.1. The van der Waals surface area contributed by atoms with E-state index in [-0.39, 0.29) is 6.42 Å².